The van der Waals surface area contributed by atoms with E-state index in [0.717, 1.165) is 24.4 Å². The van der Waals surface area contributed by atoms with Gasteiger partial charge in [-0.25, -0.2) is 0 Å². The average molecular weight is 281 g/mol. The SMILES string of the molecule is CCOc1ccsc1C(=O)N1C[C@@H]2C[C@@H](C)O[C@@H]2C1. The molecule has 0 bridgehead atoms. The third-order valence-corrected chi connectivity index (χ3v) is 4.72. The van der Waals surface area contributed by atoms with Crippen molar-refractivity contribution < 1.29 is 14.3 Å². The Balaban J connectivity index is 1.70. The average Bonchev–Trinajstić information content (AvgIpc) is 3.02. The third-order valence-electron chi connectivity index (χ3n) is 3.83. The lowest BCUT2D eigenvalue weighted by Crippen LogP contribution is -2.30. The number of hydrogen-bond donors (Lipinski definition) is 0. The molecule has 0 aromatic carbocycles. The predicted molar refractivity (Wildman–Crippen MR) is 73.8 cm³/mol. The van der Waals surface area contributed by atoms with Gasteiger partial charge >= 0.3 is 0 Å². The van der Waals surface area contributed by atoms with Crippen molar-refractivity contribution in [1.29, 1.82) is 0 Å². The number of carbonyl (C=O) groups excluding carboxylic acids is 1. The Morgan fingerprint density at radius 2 is 2.42 bits per heavy atom. The summed E-state index contributed by atoms with van der Waals surface area (Å²) in [5.74, 6) is 1.31. The molecule has 2 aliphatic rings. The predicted octanol–water partition coefficient (Wildman–Crippen LogP) is 2.40. The summed E-state index contributed by atoms with van der Waals surface area (Å²) in [4.78, 5) is 15.1. The largest absolute Gasteiger partial charge is 0.492 e. The van der Waals surface area contributed by atoms with Crippen molar-refractivity contribution in [3.63, 3.8) is 0 Å². The molecule has 2 fully saturated rings. The van der Waals surface area contributed by atoms with Crippen molar-refractivity contribution in [2.24, 2.45) is 5.92 Å². The van der Waals surface area contributed by atoms with Crippen LogP contribution in [0.5, 0.6) is 5.75 Å². The molecular formula is C14H19NO3S. The molecule has 0 aliphatic carbocycles. The highest BCUT2D eigenvalue weighted by Gasteiger charge is 2.42. The Kier molecular flexibility index (Phi) is 3.50. The fourth-order valence-corrected chi connectivity index (χ4v) is 3.83. The highest BCUT2D eigenvalue weighted by atomic mass is 32.1. The summed E-state index contributed by atoms with van der Waals surface area (Å²) < 4.78 is 11.3. The van der Waals surface area contributed by atoms with Crippen molar-refractivity contribution in [3.05, 3.63) is 16.3 Å². The summed E-state index contributed by atoms with van der Waals surface area (Å²) in [5.41, 5.74) is 0. The van der Waals surface area contributed by atoms with Gasteiger partial charge in [0.15, 0.2) is 0 Å². The van der Waals surface area contributed by atoms with Gasteiger partial charge < -0.3 is 14.4 Å². The second-order valence-corrected chi connectivity index (χ2v) is 6.15. The van der Waals surface area contributed by atoms with Gasteiger partial charge in [0.2, 0.25) is 0 Å². The number of likely N-dealkylation sites (tertiary alicyclic amines) is 1. The van der Waals surface area contributed by atoms with Crippen LogP contribution in [0.15, 0.2) is 11.4 Å². The zero-order valence-electron chi connectivity index (χ0n) is 11.3. The fourth-order valence-electron chi connectivity index (χ4n) is 3.03. The number of carbonyl (C=O) groups is 1. The lowest BCUT2D eigenvalue weighted by Gasteiger charge is -2.18. The standard InChI is InChI=1S/C14H19NO3S/c1-3-17-11-4-5-19-13(11)14(16)15-7-10-6-9(2)18-12(10)8-15/h4-5,9-10,12H,3,6-8H2,1-2H3/t9-,10+,12-/m1/s1. The monoisotopic (exact) mass is 281 g/mol. The fraction of sp³-hybridized carbons (Fsp3) is 0.643. The van der Waals surface area contributed by atoms with E-state index in [1.165, 1.54) is 11.3 Å². The Hall–Kier alpha value is -1.07. The number of ether oxygens (including phenoxy) is 2. The highest BCUT2D eigenvalue weighted by molar-refractivity contribution is 7.12. The molecule has 1 aromatic rings. The maximum atomic E-state index is 12.5. The quantitative estimate of drug-likeness (QED) is 0.854. The van der Waals surface area contributed by atoms with Crippen LogP contribution in [0.3, 0.4) is 0 Å². The topological polar surface area (TPSA) is 38.8 Å². The third kappa shape index (κ3) is 2.37. The molecule has 3 atom stereocenters. The molecule has 3 rings (SSSR count). The minimum absolute atomic E-state index is 0.0871. The zero-order valence-corrected chi connectivity index (χ0v) is 12.1. The first-order valence-electron chi connectivity index (χ1n) is 6.84. The Labute approximate surface area is 117 Å². The Bertz CT molecular complexity index is 459. The normalized spacial score (nSPS) is 29.6. The van der Waals surface area contributed by atoms with Gasteiger partial charge in [-0.05, 0) is 31.7 Å². The van der Waals surface area contributed by atoms with Gasteiger partial charge in [0.05, 0.1) is 18.8 Å². The van der Waals surface area contributed by atoms with Crippen molar-refractivity contribution in [1.82, 2.24) is 4.90 Å². The van der Waals surface area contributed by atoms with E-state index < -0.39 is 0 Å². The molecule has 19 heavy (non-hydrogen) atoms. The van der Waals surface area contributed by atoms with Crippen molar-refractivity contribution in [2.45, 2.75) is 32.5 Å². The Morgan fingerprint density at radius 3 is 3.16 bits per heavy atom. The maximum absolute atomic E-state index is 12.5. The second-order valence-electron chi connectivity index (χ2n) is 5.24. The van der Waals surface area contributed by atoms with E-state index in [0.29, 0.717) is 24.4 Å². The van der Waals surface area contributed by atoms with Gasteiger partial charge in [-0.15, -0.1) is 11.3 Å². The van der Waals surface area contributed by atoms with Gasteiger partial charge in [0, 0.05) is 19.0 Å². The van der Waals surface area contributed by atoms with Crippen LogP contribution in [-0.2, 0) is 4.74 Å². The van der Waals surface area contributed by atoms with Crippen LogP contribution < -0.4 is 4.74 Å². The van der Waals surface area contributed by atoms with Crippen LogP contribution >= 0.6 is 11.3 Å². The van der Waals surface area contributed by atoms with Gasteiger partial charge in [-0.2, -0.15) is 0 Å². The van der Waals surface area contributed by atoms with E-state index in [-0.39, 0.29) is 12.0 Å². The van der Waals surface area contributed by atoms with Gasteiger partial charge in [-0.3, -0.25) is 4.79 Å². The highest BCUT2D eigenvalue weighted by Crippen LogP contribution is 2.35. The second kappa shape index (κ2) is 5.13. The molecule has 0 unspecified atom stereocenters. The zero-order chi connectivity index (χ0) is 13.4. The summed E-state index contributed by atoms with van der Waals surface area (Å²) in [5, 5.41) is 1.91. The molecule has 1 amide bonds. The molecule has 1 aromatic heterocycles. The molecule has 104 valence electrons. The Morgan fingerprint density at radius 1 is 1.58 bits per heavy atom. The van der Waals surface area contributed by atoms with E-state index in [4.69, 9.17) is 9.47 Å². The molecule has 0 N–H and O–H groups in total. The molecule has 4 nitrogen and oxygen atoms in total. The molecule has 0 spiro atoms. The summed E-state index contributed by atoms with van der Waals surface area (Å²) in [6.45, 7) is 6.16. The number of nitrogens with zero attached hydrogens (tertiary/aromatic N) is 1. The smallest absolute Gasteiger partial charge is 0.267 e. The molecule has 0 radical (unpaired) electrons. The van der Waals surface area contributed by atoms with Crippen LogP contribution in [0.25, 0.3) is 0 Å². The van der Waals surface area contributed by atoms with E-state index in [9.17, 15) is 4.79 Å². The first kappa shape index (κ1) is 12.9. The molecule has 0 saturated carbocycles. The van der Waals surface area contributed by atoms with Gasteiger partial charge in [0.25, 0.3) is 5.91 Å². The first-order chi connectivity index (χ1) is 9.19. The number of rotatable bonds is 3. The van der Waals surface area contributed by atoms with Crippen LogP contribution in [-0.4, -0.2) is 42.7 Å². The molecular weight excluding hydrogens is 262 g/mol. The van der Waals surface area contributed by atoms with E-state index in [1.54, 1.807) is 0 Å². The van der Waals surface area contributed by atoms with Crippen molar-refractivity contribution in [2.75, 3.05) is 19.7 Å². The molecule has 2 saturated heterocycles. The van der Waals surface area contributed by atoms with E-state index in [1.807, 2.05) is 23.3 Å². The van der Waals surface area contributed by atoms with Crippen LogP contribution in [0.4, 0.5) is 0 Å². The number of thiophene rings is 1. The van der Waals surface area contributed by atoms with Gasteiger partial charge in [0.1, 0.15) is 10.6 Å². The van der Waals surface area contributed by atoms with Crippen molar-refractivity contribution in [3.8, 4) is 5.75 Å². The molecule has 3 heterocycles. The van der Waals surface area contributed by atoms with E-state index in [2.05, 4.69) is 6.92 Å². The maximum Gasteiger partial charge on any atom is 0.267 e. The number of amides is 1. The lowest BCUT2D eigenvalue weighted by atomic mass is 10.0. The van der Waals surface area contributed by atoms with Crippen LogP contribution in [0.2, 0.25) is 0 Å². The van der Waals surface area contributed by atoms with E-state index >= 15 is 0 Å². The summed E-state index contributed by atoms with van der Waals surface area (Å²) >= 11 is 1.46. The van der Waals surface area contributed by atoms with Crippen molar-refractivity contribution >= 4 is 17.2 Å². The lowest BCUT2D eigenvalue weighted by molar-refractivity contribution is 0.0443. The van der Waals surface area contributed by atoms with Gasteiger partial charge in [-0.1, -0.05) is 0 Å². The summed E-state index contributed by atoms with van der Waals surface area (Å²) in [6, 6.07) is 1.87. The van der Waals surface area contributed by atoms with Crippen LogP contribution in [0, 0.1) is 5.92 Å². The molecule has 2 aliphatic heterocycles. The summed E-state index contributed by atoms with van der Waals surface area (Å²) in [6.07, 6.45) is 1.64. The molecule has 5 heteroatoms. The van der Waals surface area contributed by atoms with Crippen LogP contribution in [0.1, 0.15) is 29.9 Å². The number of hydrogen-bond acceptors (Lipinski definition) is 4. The number of fused-ring (bicyclic) bond motifs is 1. The minimum atomic E-state index is 0.0871. The first-order valence-corrected chi connectivity index (χ1v) is 7.72. The summed E-state index contributed by atoms with van der Waals surface area (Å²) in [7, 11) is 0. The minimum Gasteiger partial charge on any atom is -0.492 e.